The van der Waals surface area contributed by atoms with Crippen LogP contribution in [0.1, 0.15) is 55.3 Å². The van der Waals surface area contributed by atoms with Crippen molar-refractivity contribution in [2.24, 2.45) is 0 Å². The van der Waals surface area contributed by atoms with Crippen LogP contribution >= 0.6 is 12.2 Å². The number of rotatable bonds is 4. The van der Waals surface area contributed by atoms with E-state index >= 15 is 0 Å². The average molecular weight is 411 g/mol. The van der Waals surface area contributed by atoms with Crippen LogP contribution in [0.5, 0.6) is 0 Å². The van der Waals surface area contributed by atoms with E-state index in [1.54, 1.807) is 12.1 Å². The quantitative estimate of drug-likeness (QED) is 0.519. The maximum Gasteiger partial charge on any atom is 0.269 e. The summed E-state index contributed by atoms with van der Waals surface area (Å²) in [4.78, 5) is 12.5. The highest BCUT2D eigenvalue weighted by Gasteiger charge is 2.26. The fourth-order valence-electron chi connectivity index (χ4n) is 3.53. The first-order valence-electron chi connectivity index (χ1n) is 9.44. The molecule has 9 heteroatoms. The van der Waals surface area contributed by atoms with E-state index < -0.39 is 15.9 Å². The number of benzene rings is 1. The van der Waals surface area contributed by atoms with Gasteiger partial charge >= 0.3 is 0 Å². The van der Waals surface area contributed by atoms with Crippen molar-refractivity contribution in [3.05, 3.63) is 29.8 Å². The summed E-state index contributed by atoms with van der Waals surface area (Å²) in [6, 6.07) is 6.45. The van der Waals surface area contributed by atoms with Crippen molar-refractivity contribution in [2.75, 3.05) is 13.1 Å². The molecule has 2 aliphatic rings. The first-order chi connectivity index (χ1) is 13.0. The normalized spacial score (nSPS) is 18.8. The van der Waals surface area contributed by atoms with E-state index in [1.165, 1.54) is 29.3 Å². The predicted octanol–water partition coefficient (Wildman–Crippen LogP) is 1.91. The van der Waals surface area contributed by atoms with Gasteiger partial charge < -0.3 is 5.32 Å². The Bertz CT molecular complexity index is 786. The van der Waals surface area contributed by atoms with Gasteiger partial charge in [0.15, 0.2) is 5.11 Å². The van der Waals surface area contributed by atoms with Gasteiger partial charge in [-0.25, -0.2) is 8.42 Å². The Balaban J connectivity index is 1.60. The fraction of sp³-hybridized carbons (Fsp3) is 0.556. The molecule has 3 rings (SSSR count). The average Bonchev–Trinajstić information content (AvgIpc) is 3.20. The zero-order valence-corrected chi connectivity index (χ0v) is 16.9. The van der Waals surface area contributed by atoms with Gasteiger partial charge in [0, 0.05) is 24.7 Å². The molecular formula is C18H26N4O3S2. The monoisotopic (exact) mass is 410 g/mol. The summed E-state index contributed by atoms with van der Waals surface area (Å²) in [5.74, 6) is -0.429. The number of carbonyl (C=O) groups is 1. The maximum atomic E-state index is 12.8. The van der Waals surface area contributed by atoms with Crippen molar-refractivity contribution in [1.29, 1.82) is 0 Å². The third kappa shape index (κ3) is 5.18. The van der Waals surface area contributed by atoms with Crippen molar-refractivity contribution in [3.63, 3.8) is 0 Å². The van der Waals surface area contributed by atoms with Crippen LogP contribution in [0.15, 0.2) is 29.2 Å². The van der Waals surface area contributed by atoms with E-state index in [0.717, 1.165) is 32.1 Å². The second-order valence-corrected chi connectivity index (χ2v) is 9.37. The second-order valence-electron chi connectivity index (χ2n) is 7.03. The Hall–Kier alpha value is -1.71. The lowest BCUT2D eigenvalue weighted by Crippen LogP contribution is -2.49. The van der Waals surface area contributed by atoms with E-state index in [-0.39, 0.29) is 10.5 Å². The minimum atomic E-state index is -3.57. The third-order valence-corrected chi connectivity index (χ3v) is 7.14. The molecule has 1 saturated carbocycles. The van der Waals surface area contributed by atoms with Crippen LogP contribution in [-0.2, 0) is 10.0 Å². The minimum Gasteiger partial charge on any atom is -0.359 e. The molecule has 1 saturated heterocycles. The summed E-state index contributed by atoms with van der Waals surface area (Å²) in [6.07, 6.45) is 7.31. The molecule has 0 unspecified atom stereocenters. The summed E-state index contributed by atoms with van der Waals surface area (Å²) in [7, 11) is -3.57. The highest BCUT2D eigenvalue weighted by Crippen LogP contribution is 2.21. The molecule has 1 aliphatic carbocycles. The van der Waals surface area contributed by atoms with Crippen LogP contribution in [0.3, 0.4) is 0 Å². The molecule has 1 aromatic rings. The number of carbonyl (C=O) groups excluding carboxylic acids is 1. The zero-order chi connectivity index (χ0) is 19.3. The molecule has 0 bridgehead atoms. The molecule has 0 spiro atoms. The van der Waals surface area contributed by atoms with Crippen LogP contribution in [0, 0.1) is 0 Å². The standard InChI is InChI=1S/C18H26N4O3S2/c23-17(20-21-18(26)19-15-8-2-3-9-15)14-7-6-10-16(13-14)27(24,25)22-11-4-1-5-12-22/h6-7,10,13,15H,1-5,8-9,11-12H2,(H,20,23)(H2,19,21,26). The van der Waals surface area contributed by atoms with Crippen molar-refractivity contribution in [3.8, 4) is 0 Å². The Morgan fingerprint density at radius 3 is 2.44 bits per heavy atom. The molecule has 1 amide bonds. The van der Waals surface area contributed by atoms with Crippen LogP contribution < -0.4 is 16.2 Å². The van der Waals surface area contributed by atoms with Gasteiger partial charge in [-0.05, 0) is 56.1 Å². The Labute approximate surface area is 165 Å². The van der Waals surface area contributed by atoms with Crippen LogP contribution in [0.2, 0.25) is 0 Å². The van der Waals surface area contributed by atoms with E-state index in [0.29, 0.717) is 24.2 Å². The van der Waals surface area contributed by atoms with E-state index in [9.17, 15) is 13.2 Å². The van der Waals surface area contributed by atoms with Crippen molar-refractivity contribution < 1.29 is 13.2 Å². The molecule has 1 aliphatic heterocycles. The number of amides is 1. The van der Waals surface area contributed by atoms with E-state index in [1.807, 2.05) is 0 Å². The highest BCUT2D eigenvalue weighted by atomic mass is 32.2. The van der Waals surface area contributed by atoms with Gasteiger partial charge in [0.1, 0.15) is 0 Å². The maximum absolute atomic E-state index is 12.8. The van der Waals surface area contributed by atoms with E-state index in [2.05, 4.69) is 16.2 Å². The van der Waals surface area contributed by atoms with Crippen molar-refractivity contribution in [2.45, 2.75) is 55.9 Å². The molecular weight excluding hydrogens is 384 g/mol. The summed E-state index contributed by atoms with van der Waals surface area (Å²) in [5.41, 5.74) is 5.49. The SMILES string of the molecule is O=C(NNC(=S)NC1CCCC1)c1cccc(S(=O)(=O)N2CCCCC2)c1. The van der Waals surface area contributed by atoms with Gasteiger partial charge in [-0.1, -0.05) is 25.3 Å². The van der Waals surface area contributed by atoms with Gasteiger partial charge in [-0.15, -0.1) is 0 Å². The lowest BCUT2D eigenvalue weighted by atomic mass is 10.2. The number of hydrogen-bond acceptors (Lipinski definition) is 4. The van der Waals surface area contributed by atoms with Gasteiger partial charge in [0.2, 0.25) is 10.0 Å². The summed E-state index contributed by atoms with van der Waals surface area (Å²) >= 11 is 5.19. The van der Waals surface area contributed by atoms with Crippen LogP contribution in [0.25, 0.3) is 0 Å². The molecule has 0 aromatic heterocycles. The van der Waals surface area contributed by atoms with Crippen LogP contribution in [0.4, 0.5) is 0 Å². The summed E-state index contributed by atoms with van der Waals surface area (Å²) < 4.78 is 27.0. The number of nitrogens with zero attached hydrogens (tertiary/aromatic N) is 1. The zero-order valence-electron chi connectivity index (χ0n) is 15.2. The second kappa shape index (κ2) is 8.99. The third-order valence-electron chi connectivity index (χ3n) is 5.03. The summed E-state index contributed by atoms with van der Waals surface area (Å²) in [5, 5.41) is 3.54. The fourth-order valence-corrected chi connectivity index (χ4v) is 5.31. The molecule has 2 fully saturated rings. The van der Waals surface area contributed by atoms with Crippen LogP contribution in [-0.4, -0.2) is 42.9 Å². The molecule has 1 aromatic carbocycles. The number of hydrogen-bond donors (Lipinski definition) is 3. The Kier molecular flexibility index (Phi) is 6.67. The van der Waals surface area contributed by atoms with Gasteiger partial charge in [-0.2, -0.15) is 4.31 Å². The molecule has 7 nitrogen and oxygen atoms in total. The lowest BCUT2D eigenvalue weighted by molar-refractivity contribution is 0.0943. The molecule has 3 N–H and O–H groups in total. The first kappa shape index (κ1) is 20.0. The first-order valence-corrected chi connectivity index (χ1v) is 11.3. The molecule has 27 heavy (non-hydrogen) atoms. The number of hydrazine groups is 1. The molecule has 0 radical (unpaired) electrons. The number of piperidine rings is 1. The van der Waals surface area contributed by atoms with Gasteiger partial charge in [-0.3, -0.25) is 15.6 Å². The predicted molar refractivity (Wildman–Crippen MR) is 108 cm³/mol. The van der Waals surface area contributed by atoms with Gasteiger partial charge in [0.05, 0.1) is 4.90 Å². The smallest absolute Gasteiger partial charge is 0.269 e. The van der Waals surface area contributed by atoms with Gasteiger partial charge in [0.25, 0.3) is 5.91 Å². The molecule has 1 heterocycles. The highest BCUT2D eigenvalue weighted by molar-refractivity contribution is 7.89. The van der Waals surface area contributed by atoms with Crippen molar-refractivity contribution >= 4 is 33.3 Å². The summed E-state index contributed by atoms with van der Waals surface area (Å²) in [6.45, 7) is 1.06. The molecule has 148 valence electrons. The Morgan fingerprint density at radius 2 is 1.74 bits per heavy atom. The topological polar surface area (TPSA) is 90.5 Å². The Morgan fingerprint density at radius 1 is 1.04 bits per heavy atom. The lowest BCUT2D eigenvalue weighted by Gasteiger charge is -2.26. The van der Waals surface area contributed by atoms with E-state index in [4.69, 9.17) is 12.2 Å². The van der Waals surface area contributed by atoms with Crippen molar-refractivity contribution in [1.82, 2.24) is 20.5 Å². The largest absolute Gasteiger partial charge is 0.359 e. The number of thiocarbonyl (C=S) groups is 1. The minimum absolute atomic E-state index is 0.142. The molecule has 0 atom stereocenters. The number of sulfonamides is 1. The number of nitrogens with one attached hydrogen (secondary N) is 3.